The first-order chi connectivity index (χ1) is 13.3. The monoisotopic (exact) mass is 457 g/mol. The Hall–Kier alpha value is -1.12. The van der Waals surface area contributed by atoms with Crippen molar-refractivity contribution < 1.29 is 19.0 Å². The summed E-state index contributed by atoms with van der Waals surface area (Å²) in [6, 6.07) is 0. The normalized spacial score (nSPS) is 21.7. The van der Waals surface area contributed by atoms with Crippen LogP contribution in [0.15, 0.2) is 10.8 Å². The summed E-state index contributed by atoms with van der Waals surface area (Å²) >= 11 is 3.50. The van der Waals surface area contributed by atoms with Gasteiger partial charge in [-0.15, -0.1) is 0 Å². The minimum atomic E-state index is -0.461. The lowest BCUT2D eigenvalue weighted by Gasteiger charge is -2.33. The number of carbonyl (C=O) groups excluding carboxylic acids is 1. The molecular formula is C20H32BrN3O4. The molecule has 1 amide bonds. The predicted molar refractivity (Wildman–Crippen MR) is 109 cm³/mol. The Labute approximate surface area is 175 Å². The molecule has 0 saturated carbocycles. The summed E-state index contributed by atoms with van der Waals surface area (Å²) in [5, 5.41) is 0. The molecule has 2 aliphatic heterocycles. The van der Waals surface area contributed by atoms with Gasteiger partial charge in [-0.3, -0.25) is 0 Å². The van der Waals surface area contributed by atoms with Gasteiger partial charge in [0.2, 0.25) is 0 Å². The third-order valence-corrected chi connectivity index (χ3v) is 5.45. The number of hydrogen-bond acceptors (Lipinski definition) is 5. The van der Waals surface area contributed by atoms with Gasteiger partial charge in [-0.25, -0.2) is 9.78 Å². The van der Waals surface area contributed by atoms with Crippen LogP contribution in [-0.2, 0) is 20.8 Å². The summed E-state index contributed by atoms with van der Waals surface area (Å²) in [5.74, 6) is 1.39. The predicted octanol–water partition coefficient (Wildman–Crippen LogP) is 4.30. The number of rotatable bonds is 5. The lowest BCUT2D eigenvalue weighted by molar-refractivity contribution is -0.163. The van der Waals surface area contributed by atoms with Crippen LogP contribution in [0.3, 0.4) is 0 Å². The van der Waals surface area contributed by atoms with E-state index >= 15 is 0 Å². The summed E-state index contributed by atoms with van der Waals surface area (Å²) < 4.78 is 20.0. The molecule has 0 aliphatic carbocycles. The van der Waals surface area contributed by atoms with Gasteiger partial charge in [-0.1, -0.05) is 0 Å². The van der Waals surface area contributed by atoms with Gasteiger partial charge in [-0.05, 0) is 68.8 Å². The number of ether oxygens (including phenoxy) is 3. The summed E-state index contributed by atoms with van der Waals surface area (Å²) in [4.78, 5) is 18.8. The fraction of sp³-hybridized carbons (Fsp3) is 0.800. The summed E-state index contributed by atoms with van der Waals surface area (Å²) in [6.45, 7) is 9.22. The number of hydrogen-bond donors (Lipinski definition) is 0. The molecule has 1 atom stereocenters. The summed E-state index contributed by atoms with van der Waals surface area (Å²) in [5.41, 5.74) is -0.461. The van der Waals surface area contributed by atoms with E-state index in [-0.39, 0.29) is 12.4 Å². The van der Waals surface area contributed by atoms with Crippen molar-refractivity contribution in [2.45, 2.75) is 77.2 Å². The van der Waals surface area contributed by atoms with Crippen molar-refractivity contribution in [3.05, 3.63) is 16.6 Å². The summed E-state index contributed by atoms with van der Waals surface area (Å²) in [6.07, 6.45) is 6.76. The van der Waals surface area contributed by atoms with E-state index in [4.69, 9.17) is 14.2 Å². The Morgan fingerprint density at radius 1 is 1.29 bits per heavy atom. The van der Waals surface area contributed by atoms with Crippen LogP contribution in [0.2, 0.25) is 0 Å². The molecule has 1 unspecified atom stereocenters. The molecule has 8 heteroatoms. The Morgan fingerprint density at radius 2 is 2.04 bits per heavy atom. The largest absolute Gasteiger partial charge is 0.444 e. The number of nitrogens with zero attached hydrogens (tertiary/aromatic N) is 3. The molecule has 2 aliphatic rings. The molecule has 1 aromatic heterocycles. The third-order valence-electron chi connectivity index (χ3n) is 5.06. The highest BCUT2D eigenvalue weighted by Crippen LogP contribution is 2.29. The SMILES string of the molecule is CC(C)(C)OC(=O)N1CCC(c2nc(Br)cn2CCOC2CCCCO2)CC1. The molecule has 1 aromatic rings. The van der Waals surface area contributed by atoms with Crippen LogP contribution in [0.5, 0.6) is 0 Å². The fourth-order valence-corrected chi connectivity index (χ4v) is 4.10. The molecule has 0 spiro atoms. The Morgan fingerprint density at radius 3 is 2.68 bits per heavy atom. The minimum absolute atomic E-state index is 0.0683. The van der Waals surface area contributed by atoms with Crippen molar-refractivity contribution in [2.24, 2.45) is 0 Å². The van der Waals surface area contributed by atoms with Gasteiger partial charge >= 0.3 is 6.09 Å². The molecule has 7 nitrogen and oxygen atoms in total. The maximum absolute atomic E-state index is 12.3. The van der Waals surface area contributed by atoms with Crippen LogP contribution in [0, 0.1) is 0 Å². The van der Waals surface area contributed by atoms with Crippen LogP contribution in [0.4, 0.5) is 4.79 Å². The van der Waals surface area contributed by atoms with Gasteiger partial charge in [0.1, 0.15) is 16.0 Å². The zero-order chi connectivity index (χ0) is 20.1. The maximum atomic E-state index is 12.3. The second kappa shape index (κ2) is 9.59. The van der Waals surface area contributed by atoms with Crippen molar-refractivity contribution in [3.8, 4) is 0 Å². The molecule has 3 rings (SSSR count). The van der Waals surface area contributed by atoms with E-state index in [0.717, 1.165) is 49.3 Å². The zero-order valence-electron chi connectivity index (χ0n) is 17.2. The molecule has 2 fully saturated rings. The first-order valence-electron chi connectivity index (χ1n) is 10.3. The highest BCUT2D eigenvalue weighted by molar-refractivity contribution is 9.10. The van der Waals surface area contributed by atoms with Crippen LogP contribution in [-0.4, -0.2) is 58.7 Å². The van der Waals surface area contributed by atoms with E-state index in [0.29, 0.717) is 25.6 Å². The number of piperidine rings is 1. The first-order valence-corrected chi connectivity index (χ1v) is 11.0. The first kappa shape index (κ1) is 21.6. The topological polar surface area (TPSA) is 65.8 Å². The van der Waals surface area contributed by atoms with E-state index < -0.39 is 5.60 Å². The third kappa shape index (κ3) is 6.19. The minimum Gasteiger partial charge on any atom is -0.444 e. The van der Waals surface area contributed by atoms with Gasteiger partial charge < -0.3 is 23.7 Å². The molecule has 158 valence electrons. The molecule has 0 N–H and O–H groups in total. The van der Waals surface area contributed by atoms with Crippen molar-refractivity contribution in [1.82, 2.24) is 14.5 Å². The smallest absolute Gasteiger partial charge is 0.410 e. The number of likely N-dealkylation sites (tertiary alicyclic amines) is 1. The second-order valence-corrected chi connectivity index (χ2v) is 9.34. The highest BCUT2D eigenvalue weighted by Gasteiger charge is 2.29. The standard InChI is InChI=1S/C20H32BrN3O4/c1-20(2,3)28-19(25)23-9-7-15(8-10-23)18-22-16(21)14-24(18)11-13-27-17-6-4-5-12-26-17/h14-15,17H,4-13H2,1-3H3. The van der Waals surface area contributed by atoms with Crippen molar-refractivity contribution >= 4 is 22.0 Å². The lowest BCUT2D eigenvalue weighted by Crippen LogP contribution is -2.41. The van der Waals surface area contributed by atoms with E-state index in [9.17, 15) is 4.79 Å². The average molecular weight is 458 g/mol. The van der Waals surface area contributed by atoms with Crippen molar-refractivity contribution in [2.75, 3.05) is 26.3 Å². The maximum Gasteiger partial charge on any atom is 0.410 e. The Kier molecular flexibility index (Phi) is 7.39. The molecule has 0 radical (unpaired) electrons. The average Bonchev–Trinajstić information content (AvgIpc) is 3.02. The molecule has 0 bridgehead atoms. The molecule has 0 aromatic carbocycles. The molecule has 28 heavy (non-hydrogen) atoms. The zero-order valence-corrected chi connectivity index (χ0v) is 18.7. The number of carbonyl (C=O) groups is 1. The Balaban J connectivity index is 1.51. The second-order valence-electron chi connectivity index (χ2n) is 8.52. The molecule has 3 heterocycles. The number of imidazole rings is 1. The van der Waals surface area contributed by atoms with Gasteiger partial charge in [0.05, 0.1) is 6.61 Å². The van der Waals surface area contributed by atoms with Crippen LogP contribution in [0.1, 0.15) is 64.6 Å². The van der Waals surface area contributed by atoms with Crippen molar-refractivity contribution in [1.29, 1.82) is 0 Å². The number of halogens is 1. The van der Waals surface area contributed by atoms with E-state index in [1.165, 1.54) is 6.42 Å². The fourth-order valence-electron chi connectivity index (χ4n) is 3.67. The lowest BCUT2D eigenvalue weighted by atomic mass is 9.96. The van der Waals surface area contributed by atoms with Gasteiger partial charge in [0, 0.05) is 38.4 Å². The van der Waals surface area contributed by atoms with Gasteiger partial charge in [0.25, 0.3) is 0 Å². The van der Waals surface area contributed by atoms with E-state index in [2.05, 4.69) is 25.5 Å². The van der Waals surface area contributed by atoms with Crippen LogP contribution in [0.25, 0.3) is 0 Å². The quantitative estimate of drug-likeness (QED) is 0.658. The van der Waals surface area contributed by atoms with Crippen LogP contribution < -0.4 is 0 Å². The van der Waals surface area contributed by atoms with E-state index in [1.807, 2.05) is 27.0 Å². The van der Waals surface area contributed by atoms with Gasteiger partial charge in [-0.2, -0.15) is 0 Å². The van der Waals surface area contributed by atoms with Crippen molar-refractivity contribution in [3.63, 3.8) is 0 Å². The Bertz CT molecular complexity index is 644. The molecule has 2 saturated heterocycles. The summed E-state index contributed by atoms with van der Waals surface area (Å²) in [7, 11) is 0. The number of aromatic nitrogens is 2. The number of amides is 1. The van der Waals surface area contributed by atoms with E-state index in [1.54, 1.807) is 4.90 Å². The molecular weight excluding hydrogens is 426 g/mol. The van der Waals surface area contributed by atoms with Crippen LogP contribution >= 0.6 is 15.9 Å². The van der Waals surface area contributed by atoms with Gasteiger partial charge in [0.15, 0.2) is 6.29 Å². The highest BCUT2D eigenvalue weighted by atomic mass is 79.9.